The van der Waals surface area contributed by atoms with Gasteiger partial charge < -0.3 is 19.9 Å². The summed E-state index contributed by atoms with van der Waals surface area (Å²) in [5.41, 5.74) is 4.06. The highest BCUT2D eigenvalue weighted by Crippen LogP contribution is 2.44. The number of rotatable bonds is 6. The molecule has 0 aliphatic heterocycles. The van der Waals surface area contributed by atoms with Gasteiger partial charge in [-0.05, 0) is 35.1 Å². The van der Waals surface area contributed by atoms with Crippen LogP contribution in [0.2, 0.25) is 0 Å². The highest BCUT2D eigenvalue weighted by Gasteiger charge is 2.48. The monoisotopic (exact) mass is 381 g/mol. The molecule has 0 heterocycles. The molecule has 2 aliphatic carbocycles. The molecule has 2 aromatic rings. The molecule has 1 amide bonds. The highest BCUT2D eigenvalue weighted by molar-refractivity contribution is 5.79. The number of amides is 1. The summed E-state index contributed by atoms with van der Waals surface area (Å²) in [4.78, 5) is 23.2. The number of carboxylic acids is 1. The second-order valence-corrected chi connectivity index (χ2v) is 7.51. The molecule has 2 N–H and O–H groups in total. The third-order valence-corrected chi connectivity index (χ3v) is 5.92. The Balaban J connectivity index is 1.36. The van der Waals surface area contributed by atoms with Gasteiger partial charge in [-0.2, -0.15) is 0 Å². The lowest BCUT2D eigenvalue weighted by Gasteiger charge is -2.44. The van der Waals surface area contributed by atoms with Crippen LogP contribution in [0.5, 0.6) is 0 Å². The van der Waals surface area contributed by atoms with E-state index in [9.17, 15) is 9.59 Å². The number of ether oxygens (including phenoxy) is 2. The Kier molecular flexibility index (Phi) is 4.81. The van der Waals surface area contributed by atoms with Crippen molar-refractivity contribution in [1.82, 2.24) is 5.32 Å². The molecule has 0 spiro atoms. The molecule has 28 heavy (non-hydrogen) atoms. The van der Waals surface area contributed by atoms with Crippen LogP contribution in [0.4, 0.5) is 4.79 Å². The smallest absolute Gasteiger partial charge is 0.407 e. The van der Waals surface area contributed by atoms with Gasteiger partial charge in [0.15, 0.2) is 0 Å². The fourth-order valence-electron chi connectivity index (χ4n) is 4.28. The largest absolute Gasteiger partial charge is 0.481 e. The molecular formula is C22H23NO5. The summed E-state index contributed by atoms with van der Waals surface area (Å²) >= 11 is 0. The lowest BCUT2D eigenvalue weighted by Crippen LogP contribution is -2.55. The molecule has 0 atom stereocenters. The predicted octanol–water partition coefficient (Wildman–Crippen LogP) is 3.40. The van der Waals surface area contributed by atoms with E-state index in [-0.39, 0.29) is 19.1 Å². The first kappa shape index (κ1) is 18.5. The van der Waals surface area contributed by atoms with Gasteiger partial charge in [0.1, 0.15) is 6.61 Å². The molecule has 4 rings (SSSR count). The van der Waals surface area contributed by atoms with E-state index in [4.69, 9.17) is 14.6 Å². The average molecular weight is 381 g/mol. The van der Waals surface area contributed by atoms with Crippen LogP contribution < -0.4 is 5.32 Å². The summed E-state index contributed by atoms with van der Waals surface area (Å²) < 4.78 is 10.9. The number of carbonyl (C=O) groups is 2. The summed E-state index contributed by atoms with van der Waals surface area (Å²) in [5, 5.41) is 11.8. The topological polar surface area (TPSA) is 84.9 Å². The normalized spacial score (nSPS) is 22.7. The third kappa shape index (κ3) is 3.24. The van der Waals surface area contributed by atoms with Gasteiger partial charge in [0.05, 0.1) is 11.5 Å². The van der Waals surface area contributed by atoms with Gasteiger partial charge in [-0.3, -0.25) is 4.79 Å². The molecule has 6 nitrogen and oxygen atoms in total. The molecule has 0 saturated heterocycles. The Morgan fingerprint density at radius 2 is 1.64 bits per heavy atom. The van der Waals surface area contributed by atoms with Gasteiger partial charge in [-0.1, -0.05) is 48.5 Å². The summed E-state index contributed by atoms with van der Waals surface area (Å²) in [7, 11) is 1.54. The van der Waals surface area contributed by atoms with Crippen molar-refractivity contribution in [2.24, 2.45) is 5.92 Å². The predicted molar refractivity (Wildman–Crippen MR) is 103 cm³/mol. The van der Waals surface area contributed by atoms with Crippen LogP contribution in [0, 0.1) is 5.92 Å². The molecule has 1 fully saturated rings. The van der Waals surface area contributed by atoms with Crippen molar-refractivity contribution in [3.8, 4) is 11.1 Å². The maximum absolute atomic E-state index is 12.2. The maximum atomic E-state index is 12.2. The Hall–Kier alpha value is -2.86. The highest BCUT2D eigenvalue weighted by atomic mass is 16.5. The molecule has 0 bridgehead atoms. The van der Waals surface area contributed by atoms with Gasteiger partial charge in [0, 0.05) is 19.6 Å². The molecule has 1 saturated carbocycles. The van der Waals surface area contributed by atoms with E-state index in [0.29, 0.717) is 12.8 Å². The van der Waals surface area contributed by atoms with Crippen molar-refractivity contribution in [3.05, 3.63) is 59.7 Å². The van der Waals surface area contributed by atoms with Gasteiger partial charge in [-0.15, -0.1) is 0 Å². The minimum Gasteiger partial charge on any atom is -0.481 e. The van der Waals surface area contributed by atoms with Gasteiger partial charge in [-0.25, -0.2) is 4.79 Å². The first-order valence-electron chi connectivity index (χ1n) is 9.40. The molecule has 0 unspecified atom stereocenters. The van der Waals surface area contributed by atoms with E-state index in [1.54, 1.807) is 0 Å². The number of hydrogen-bond acceptors (Lipinski definition) is 4. The Bertz CT molecular complexity index is 858. The molecule has 0 aromatic heterocycles. The molecule has 2 aliphatic rings. The van der Waals surface area contributed by atoms with Crippen LogP contribution in [0.25, 0.3) is 11.1 Å². The number of methoxy groups -OCH3 is 1. The van der Waals surface area contributed by atoms with Crippen LogP contribution in [0.1, 0.15) is 29.9 Å². The standard InChI is InChI=1S/C22H23NO5/c1-27-22(10-14(11-22)20(24)25)13-23-21(26)28-12-19-17-8-4-2-6-15(17)16-7-3-5-9-18(16)19/h2-9,14,19H,10-13H2,1H3,(H,23,26)(H,24,25). The number of carbonyl (C=O) groups excluding carboxylic acids is 1. The van der Waals surface area contributed by atoms with E-state index in [2.05, 4.69) is 29.6 Å². The minimum atomic E-state index is -0.825. The van der Waals surface area contributed by atoms with E-state index < -0.39 is 23.6 Å². The molecule has 146 valence electrons. The lowest BCUT2D eigenvalue weighted by atomic mass is 9.70. The number of alkyl carbamates (subject to hydrolysis) is 1. The van der Waals surface area contributed by atoms with Gasteiger partial charge in [0.25, 0.3) is 0 Å². The lowest BCUT2D eigenvalue weighted by molar-refractivity contribution is -0.161. The SMILES string of the molecule is COC1(CNC(=O)OCC2c3ccccc3-c3ccccc32)CC(C(=O)O)C1. The maximum Gasteiger partial charge on any atom is 0.407 e. The van der Waals surface area contributed by atoms with Crippen LogP contribution in [0.3, 0.4) is 0 Å². The Morgan fingerprint density at radius 1 is 1.07 bits per heavy atom. The van der Waals surface area contributed by atoms with Gasteiger partial charge in [0.2, 0.25) is 0 Å². The van der Waals surface area contributed by atoms with E-state index in [1.807, 2.05) is 24.3 Å². The summed E-state index contributed by atoms with van der Waals surface area (Å²) in [6.45, 7) is 0.488. The zero-order valence-corrected chi connectivity index (χ0v) is 15.7. The van der Waals surface area contributed by atoms with Crippen molar-refractivity contribution in [3.63, 3.8) is 0 Å². The number of fused-ring (bicyclic) bond motifs is 3. The number of carboxylic acid groups (broad SMARTS) is 1. The third-order valence-electron chi connectivity index (χ3n) is 5.92. The van der Waals surface area contributed by atoms with Crippen molar-refractivity contribution in [2.45, 2.75) is 24.4 Å². The van der Waals surface area contributed by atoms with Crippen LogP contribution in [-0.2, 0) is 14.3 Å². The van der Waals surface area contributed by atoms with Crippen molar-refractivity contribution in [2.75, 3.05) is 20.3 Å². The van der Waals surface area contributed by atoms with E-state index in [1.165, 1.54) is 18.2 Å². The van der Waals surface area contributed by atoms with Crippen molar-refractivity contribution < 1.29 is 24.2 Å². The number of benzene rings is 2. The fraction of sp³-hybridized carbons (Fsp3) is 0.364. The van der Waals surface area contributed by atoms with E-state index in [0.717, 1.165) is 11.1 Å². The molecular weight excluding hydrogens is 358 g/mol. The van der Waals surface area contributed by atoms with Crippen LogP contribution in [-0.4, -0.2) is 43.0 Å². The second-order valence-electron chi connectivity index (χ2n) is 7.51. The molecule has 6 heteroatoms. The summed E-state index contributed by atoms with van der Waals surface area (Å²) in [6.07, 6.45) is 0.266. The summed E-state index contributed by atoms with van der Waals surface area (Å²) in [6, 6.07) is 16.3. The number of nitrogens with one attached hydrogen (secondary N) is 1. The Labute approximate surface area is 163 Å². The Morgan fingerprint density at radius 3 is 2.18 bits per heavy atom. The summed E-state index contributed by atoms with van der Waals surface area (Å²) in [5.74, 6) is -1.23. The van der Waals surface area contributed by atoms with E-state index >= 15 is 0 Å². The first-order valence-corrected chi connectivity index (χ1v) is 9.40. The van der Waals surface area contributed by atoms with Crippen molar-refractivity contribution >= 4 is 12.1 Å². The first-order chi connectivity index (χ1) is 13.5. The number of hydrogen-bond donors (Lipinski definition) is 2. The van der Waals surface area contributed by atoms with Crippen molar-refractivity contribution in [1.29, 1.82) is 0 Å². The van der Waals surface area contributed by atoms with Crippen LogP contribution >= 0.6 is 0 Å². The quantitative estimate of drug-likeness (QED) is 0.801. The van der Waals surface area contributed by atoms with Crippen LogP contribution in [0.15, 0.2) is 48.5 Å². The second kappa shape index (κ2) is 7.28. The fourth-order valence-corrected chi connectivity index (χ4v) is 4.28. The average Bonchev–Trinajstić information content (AvgIpc) is 2.99. The minimum absolute atomic E-state index is 0.00892. The number of aliphatic carboxylic acids is 1. The zero-order chi connectivity index (χ0) is 19.7. The molecule has 2 aromatic carbocycles. The molecule has 0 radical (unpaired) electrons. The van der Waals surface area contributed by atoms with Gasteiger partial charge >= 0.3 is 12.1 Å². The zero-order valence-electron chi connectivity index (χ0n) is 15.7.